The van der Waals surface area contributed by atoms with Crippen LogP contribution in [0, 0.1) is 19.9 Å². The van der Waals surface area contributed by atoms with Crippen LogP contribution < -0.4 is 4.74 Å². The van der Waals surface area contributed by atoms with E-state index in [4.69, 9.17) is 4.74 Å². The van der Waals surface area contributed by atoms with Gasteiger partial charge in [-0.3, -0.25) is 0 Å². The fraction of sp³-hybridized carbons (Fsp3) is 0.0714. The molecule has 0 aliphatic heterocycles. The maximum absolute atomic E-state index is 10.3. The number of benzene rings is 3. The van der Waals surface area contributed by atoms with Gasteiger partial charge in [-0.2, -0.15) is 6.07 Å². The molecule has 0 spiro atoms. The van der Waals surface area contributed by atoms with Crippen molar-refractivity contribution in [3.63, 3.8) is 0 Å². The van der Waals surface area contributed by atoms with Gasteiger partial charge in [0, 0.05) is 50.0 Å². The van der Waals surface area contributed by atoms with Gasteiger partial charge in [0.2, 0.25) is 5.88 Å². The van der Waals surface area contributed by atoms with Crippen molar-refractivity contribution in [2.75, 3.05) is 0 Å². The Labute approximate surface area is 210 Å². The molecule has 6 rings (SSSR count). The van der Waals surface area contributed by atoms with Gasteiger partial charge in [0.1, 0.15) is 17.1 Å². The van der Waals surface area contributed by atoms with Crippen molar-refractivity contribution in [2.45, 2.75) is 13.8 Å². The summed E-state index contributed by atoms with van der Waals surface area (Å²) in [6, 6.07) is 27.0. The molecule has 170 valence electrons. The predicted octanol–water partition coefficient (Wildman–Crippen LogP) is 6.64. The second-order valence-electron chi connectivity index (χ2n) is 8.24. The molecule has 0 atom stereocenters. The summed E-state index contributed by atoms with van der Waals surface area (Å²) < 4.78 is 8.18. The normalized spacial score (nSPS) is 11.1. The first-order valence-electron chi connectivity index (χ1n) is 10.7. The molecule has 5 nitrogen and oxygen atoms in total. The maximum atomic E-state index is 10.3. The molecule has 0 radical (unpaired) electrons. The average molecular weight is 626 g/mol. The zero-order valence-corrected chi connectivity index (χ0v) is 20.8. The van der Waals surface area contributed by atoms with Crippen LogP contribution >= 0.6 is 0 Å². The summed E-state index contributed by atoms with van der Waals surface area (Å²) in [5, 5.41) is 13.4. The quantitative estimate of drug-likeness (QED) is 0.224. The van der Waals surface area contributed by atoms with E-state index in [1.54, 1.807) is 12.1 Å². The van der Waals surface area contributed by atoms with Gasteiger partial charge in [-0.1, -0.05) is 23.7 Å². The number of nitrogens with zero attached hydrogens (tertiary/aromatic N) is 3. The van der Waals surface area contributed by atoms with Crippen molar-refractivity contribution in [3.05, 3.63) is 96.2 Å². The summed E-state index contributed by atoms with van der Waals surface area (Å²) in [6.07, 6.45) is 1.82. The number of fused-ring (bicyclic) bond motifs is 4. The summed E-state index contributed by atoms with van der Waals surface area (Å²) in [6.45, 7) is 4.00. The van der Waals surface area contributed by atoms with E-state index in [1.165, 1.54) is 0 Å². The Morgan fingerprint density at radius 2 is 1.74 bits per heavy atom. The van der Waals surface area contributed by atoms with Crippen molar-refractivity contribution in [2.24, 2.45) is 0 Å². The van der Waals surface area contributed by atoms with E-state index in [1.807, 2.05) is 55.6 Å². The molecule has 3 aromatic carbocycles. The Morgan fingerprint density at radius 3 is 2.59 bits per heavy atom. The van der Waals surface area contributed by atoms with Crippen LogP contribution in [0.3, 0.4) is 0 Å². The maximum Gasteiger partial charge on any atom is 0.217 e. The summed E-state index contributed by atoms with van der Waals surface area (Å²) in [7, 11) is 0. The topological polar surface area (TPSA) is 60.2 Å². The fourth-order valence-corrected chi connectivity index (χ4v) is 4.33. The molecule has 0 bridgehead atoms. The van der Waals surface area contributed by atoms with Crippen LogP contribution in [0.25, 0.3) is 38.5 Å². The zero-order chi connectivity index (χ0) is 22.5. The Hall–Kier alpha value is -3.69. The van der Waals surface area contributed by atoms with Gasteiger partial charge in [0.25, 0.3) is 0 Å². The minimum absolute atomic E-state index is 0. The molecule has 0 saturated heterocycles. The van der Waals surface area contributed by atoms with Crippen molar-refractivity contribution >= 4 is 32.7 Å². The van der Waals surface area contributed by atoms with Crippen LogP contribution in [0.15, 0.2) is 79.0 Å². The number of phenols is 1. The van der Waals surface area contributed by atoms with E-state index in [2.05, 4.69) is 45.7 Å². The molecule has 34 heavy (non-hydrogen) atoms. The van der Waals surface area contributed by atoms with Crippen LogP contribution in [-0.2, 0) is 21.1 Å². The zero-order valence-electron chi connectivity index (χ0n) is 18.5. The van der Waals surface area contributed by atoms with Crippen LogP contribution in [0.4, 0.5) is 0 Å². The first-order chi connectivity index (χ1) is 16.1. The second-order valence-corrected chi connectivity index (χ2v) is 8.24. The van der Waals surface area contributed by atoms with Crippen LogP contribution in [-0.4, -0.2) is 19.6 Å². The van der Waals surface area contributed by atoms with Crippen LogP contribution in [0.2, 0.25) is 0 Å². The molecular formula is C28H20N3O2Pt-. The van der Waals surface area contributed by atoms with Crippen LogP contribution in [0.1, 0.15) is 11.1 Å². The number of para-hydroxylation sites is 1. The predicted molar refractivity (Wildman–Crippen MR) is 130 cm³/mol. The summed E-state index contributed by atoms with van der Waals surface area (Å²) in [4.78, 5) is 9.12. The molecule has 6 aromatic rings. The molecule has 6 heteroatoms. The van der Waals surface area contributed by atoms with Crippen molar-refractivity contribution < 1.29 is 30.9 Å². The summed E-state index contributed by atoms with van der Waals surface area (Å²) in [5.74, 6) is 1.91. The SMILES string of the molecule is Cc1ccnc(-n2c3[c-]c(Oc4ccc5cc(C)cc(O)c5n4)ccc3c3ccccc32)c1.[Pt]. The third kappa shape index (κ3) is 3.72. The third-order valence-corrected chi connectivity index (χ3v) is 5.79. The molecule has 3 heterocycles. The minimum Gasteiger partial charge on any atom is -0.506 e. The van der Waals surface area contributed by atoms with Gasteiger partial charge < -0.3 is 14.4 Å². The largest absolute Gasteiger partial charge is 0.506 e. The number of phenolic OH excluding ortho intramolecular Hbond substituents is 1. The van der Waals surface area contributed by atoms with Crippen molar-refractivity contribution in [3.8, 4) is 23.2 Å². The number of ether oxygens (including phenoxy) is 1. The number of hydrogen-bond acceptors (Lipinski definition) is 4. The molecule has 0 aliphatic rings. The molecule has 0 unspecified atom stereocenters. The average Bonchev–Trinajstić information content (AvgIpc) is 3.13. The number of aromatic nitrogens is 3. The molecule has 1 N–H and O–H groups in total. The number of aryl methyl sites for hydroxylation is 2. The molecular weight excluding hydrogens is 605 g/mol. The van der Waals surface area contributed by atoms with Gasteiger partial charge in [-0.05, 0) is 66.8 Å². The molecule has 0 fully saturated rings. The van der Waals surface area contributed by atoms with E-state index >= 15 is 0 Å². The smallest absolute Gasteiger partial charge is 0.217 e. The van der Waals surface area contributed by atoms with Gasteiger partial charge in [-0.25, -0.2) is 9.97 Å². The van der Waals surface area contributed by atoms with E-state index in [0.29, 0.717) is 17.1 Å². The molecule has 0 saturated carbocycles. The van der Waals surface area contributed by atoms with Crippen molar-refractivity contribution in [1.29, 1.82) is 0 Å². The fourth-order valence-electron chi connectivity index (χ4n) is 4.33. The number of aromatic hydroxyl groups is 1. The Kier molecular flexibility index (Phi) is 5.58. The molecule has 3 aromatic heterocycles. The second kappa shape index (κ2) is 8.58. The van der Waals surface area contributed by atoms with E-state index in [-0.39, 0.29) is 26.8 Å². The van der Waals surface area contributed by atoms with Crippen molar-refractivity contribution in [1.82, 2.24) is 14.5 Å². The van der Waals surface area contributed by atoms with E-state index < -0.39 is 0 Å². The first-order valence-corrected chi connectivity index (χ1v) is 10.7. The standard InChI is InChI=1S/C28H20N3O2.Pt/c1-17-11-12-29-26(15-17)31-23-6-4-3-5-21(23)22-9-8-20(16-24(22)31)33-27-10-7-19-13-18(2)14-25(32)28(19)30-27;/h3-15,32H,1-2H3;/q-1;. The van der Waals surface area contributed by atoms with Gasteiger partial charge >= 0.3 is 0 Å². The number of hydrogen-bond donors (Lipinski definition) is 1. The van der Waals surface area contributed by atoms with E-state index in [0.717, 1.165) is 44.1 Å². The minimum atomic E-state index is 0. The van der Waals surface area contributed by atoms with Crippen LogP contribution in [0.5, 0.6) is 17.4 Å². The van der Waals surface area contributed by atoms with Gasteiger partial charge in [0.15, 0.2) is 0 Å². The Morgan fingerprint density at radius 1 is 0.882 bits per heavy atom. The number of pyridine rings is 2. The first kappa shape index (κ1) is 22.1. The summed E-state index contributed by atoms with van der Waals surface area (Å²) in [5.41, 5.74) is 4.56. The molecule has 0 aliphatic carbocycles. The molecule has 0 amide bonds. The summed E-state index contributed by atoms with van der Waals surface area (Å²) >= 11 is 0. The Bertz CT molecular complexity index is 1690. The number of rotatable bonds is 3. The third-order valence-electron chi connectivity index (χ3n) is 5.79. The van der Waals surface area contributed by atoms with Gasteiger partial charge in [0.05, 0.1) is 0 Å². The monoisotopic (exact) mass is 625 g/mol. The van der Waals surface area contributed by atoms with E-state index in [9.17, 15) is 5.11 Å². The Balaban J connectivity index is 0.00000241. The van der Waals surface area contributed by atoms with Gasteiger partial charge in [-0.15, -0.1) is 17.5 Å².